The van der Waals surface area contributed by atoms with E-state index in [1.807, 2.05) is 0 Å². The molecule has 1 heterocycles. The topological polar surface area (TPSA) is 20.3 Å². The molecule has 1 amide bonds. The van der Waals surface area contributed by atoms with E-state index < -0.39 is 11.6 Å². The van der Waals surface area contributed by atoms with Gasteiger partial charge in [-0.05, 0) is 12.1 Å². The third-order valence-corrected chi connectivity index (χ3v) is 2.57. The van der Waals surface area contributed by atoms with Gasteiger partial charge in [0.1, 0.15) is 11.6 Å². The number of hydrogen-bond acceptors (Lipinski definition) is 1. The lowest BCUT2D eigenvalue weighted by molar-refractivity contribution is -0.117. The molecule has 0 aliphatic carbocycles. The van der Waals surface area contributed by atoms with E-state index >= 15 is 0 Å². The Labute approximate surface area is 90.4 Å². The minimum Gasteiger partial charge on any atom is -0.308 e. The van der Waals surface area contributed by atoms with Gasteiger partial charge in [0.25, 0.3) is 0 Å². The summed E-state index contributed by atoms with van der Waals surface area (Å²) in [7, 11) is 0. The summed E-state index contributed by atoms with van der Waals surface area (Å²) >= 11 is 5.78. The van der Waals surface area contributed by atoms with Crippen molar-refractivity contribution in [3.05, 3.63) is 29.8 Å². The Hall–Kier alpha value is -1.16. The monoisotopic (exact) mass is 231 g/mol. The van der Waals surface area contributed by atoms with Gasteiger partial charge < -0.3 is 4.90 Å². The van der Waals surface area contributed by atoms with Crippen LogP contribution in [-0.4, -0.2) is 17.8 Å². The van der Waals surface area contributed by atoms with Crippen LogP contribution in [0.15, 0.2) is 18.2 Å². The van der Waals surface area contributed by atoms with Crippen LogP contribution in [0.2, 0.25) is 0 Å². The number of carbonyl (C=O) groups is 1. The maximum atomic E-state index is 13.3. The maximum Gasteiger partial charge on any atom is 0.228 e. The van der Waals surface area contributed by atoms with E-state index in [1.165, 1.54) is 11.0 Å². The minimum atomic E-state index is -0.742. The molecular weight excluding hydrogens is 224 g/mol. The van der Waals surface area contributed by atoms with E-state index in [4.69, 9.17) is 11.6 Å². The summed E-state index contributed by atoms with van der Waals surface area (Å²) in [6.45, 7) is 0.267. The molecule has 1 unspecified atom stereocenters. The summed E-state index contributed by atoms with van der Waals surface area (Å²) in [5.74, 6) is -1.64. The molecule has 0 aromatic heterocycles. The molecule has 0 N–H and O–H groups in total. The van der Waals surface area contributed by atoms with Gasteiger partial charge in [-0.2, -0.15) is 0 Å². The Morgan fingerprint density at radius 2 is 2.13 bits per heavy atom. The van der Waals surface area contributed by atoms with Crippen molar-refractivity contribution in [2.45, 2.75) is 11.8 Å². The quantitative estimate of drug-likeness (QED) is 0.680. The zero-order valence-electron chi connectivity index (χ0n) is 7.71. The first-order chi connectivity index (χ1) is 7.08. The molecule has 15 heavy (non-hydrogen) atoms. The number of carbonyl (C=O) groups excluding carboxylic acids is 1. The molecule has 1 aliphatic heterocycles. The van der Waals surface area contributed by atoms with E-state index in [0.717, 1.165) is 12.1 Å². The Bertz CT molecular complexity index is 410. The lowest BCUT2D eigenvalue weighted by Gasteiger charge is -2.16. The molecule has 0 saturated carbocycles. The normalized spacial score (nSPS) is 21.1. The molecule has 0 bridgehead atoms. The average Bonchev–Trinajstić information content (AvgIpc) is 2.45. The van der Waals surface area contributed by atoms with Crippen molar-refractivity contribution in [3.63, 3.8) is 0 Å². The van der Waals surface area contributed by atoms with Gasteiger partial charge in [0.05, 0.1) is 11.1 Å². The Morgan fingerprint density at radius 3 is 2.67 bits per heavy atom. The van der Waals surface area contributed by atoms with E-state index in [2.05, 4.69) is 0 Å². The first-order valence-electron chi connectivity index (χ1n) is 4.47. The van der Waals surface area contributed by atoms with Gasteiger partial charge in [-0.25, -0.2) is 8.78 Å². The number of hydrogen-bond donors (Lipinski definition) is 0. The average molecular weight is 232 g/mol. The highest BCUT2D eigenvalue weighted by Gasteiger charge is 2.30. The molecule has 5 heteroatoms. The highest BCUT2D eigenvalue weighted by molar-refractivity contribution is 6.24. The van der Waals surface area contributed by atoms with Crippen LogP contribution in [0.3, 0.4) is 0 Å². The number of rotatable bonds is 1. The number of anilines is 1. The Morgan fingerprint density at radius 1 is 1.40 bits per heavy atom. The summed E-state index contributed by atoms with van der Waals surface area (Å²) in [6, 6.07) is 3.12. The van der Waals surface area contributed by atoms with Crippen LogP contribution in [-0.2, 0) is 4.79 Å². The second-order valence-corrected chi connectivity index (χ2v) is 4.02. The largest absolute Gasteiger partial charge is 0.308 e. The van der Waals surface area contributed by atoms with Gasteiger partial charge in [0.15, 0.2) is 0 Å². The summed E-state index contributed by atoms with van der Waals surface area (Å²) in [6.07, 6.45) is 0.193. The number of amides is 1. The molecular formula is C10H8ClF2NO. The van der Waals surface area contributed by atoms with Gasteiger partial charge in [-0.1, -0.05) is 0 Å². The van der Waals surface area contributed by atoms with Crippen molar-refractivity contribution >= 4 is 23.2 Å². The van der Waals surface area contributed by atoms with Crippen LogP contribution >= 0.6 is 11.6 Å². The summed E-state index contributed by atoms with van der Waals surface area (Å²) in [5, 5.41) is -0.304. The van der Waals surface area contributed by atoms with Crippen molar-refractivity contribution < 1.29 is 13.6 Å². The molecule has 1 aromatic carbocycles. The Kier molecular flexibility index (Phi) is 2.61. The minimum absolute atomic E-state index is 0.0875. The summed E-state index contributed by atoms with van der Waals surface area (Å²) < 4.78 is 26.0. The van der Waals surface area contributed by atoms with Crippen LogP contribution in [0.4, 0.5) is 14.5 Å². The standard InChI is InChI=1S/C10H8ClF2NO/c11-6-3-10(15)14(5-6)9-2-1-7(12)4-8(9)13/h1-2,4,6H,3,5H2. The molecule has 80 valence electrons. The highest BCUT2D eigenvalue weighted by Crippen LogP contribution is 2.26. The van der Waals surface area contributed by atoms with Gasteiger partial charge >= 0.3 is 0 Å². The zero-order chi connectivity index (χ0) is 11.0. The van der Waals surface area contributed by atoms with Gasteiger partial charge in [-0.15, -0.1) is 11.6 Å². The SMILES string of the molecule is O=C1CC(Cl)CN1c1ccc(F)cc1F. The number of alkyl halides is 1. The highest BCUT2D eigenvalue weighted by atomic mass is 35.5. The van der Waals surface area contributed by atoms with Gasteiger partial charge in [0.2, 0.25) is 5.91 Å². The fourth-order valence-corrected chi connectivity index (χ4v) is 1.87. The molecule has 2 nitrogen and oxygen atoms in total. The molecule has 1 aromatic rings. The fraction of sp³-hybridized carbons (Fsp3) is 0.300. The summed E-state index contributed by atoms with van der Waals surface area (Å²) in [5.41, 5.74) is 0.0875. The van der Waals surface area contributed by atoms with E-state index in [-0.39, 0.29) is 29.9 Å². The van der Waals surface area contributed by atoms with Crippen molar-refractivity contribution in [2.24, 2.45) is 0 Å². The van der Waals surface area contributed by atoms with Crippen LogP contribution in [0.1, 0.15) is 6.42 Å². The predicted molar refractivity (Wildman–Crippen MR) is 53.0 cm³/mol. The van der Waals surface area contributed by atoms with E-state index in [0.29, 0.717) is 0 Å². The fourth-order valence-electron chi connectivity index (χ4n) is 1.60. The van der Waals surface area contributed by atoms with Crippen molar-refractivity contribution in [3.8, 4) is 0 Å². The molecule has 1 aliphatic rings. The van der Waals surface area contributed by atoms with Crippen molar-refractivity contribution in [1.82, 2.24) is 0 Å². The van der Waals surface area contributed by atoms with Crippen LogP contribution in [0, 0.1) is 11.6 Å². The van der Waals surface area contributed by atoms with E-state index in [1.54, 1.807) is 0 Å². The molecule has 1 saturated heterocycles. The first kappa shape index (κ1) is 10.4. The molecule has 1 atom stereocenters. The smallest absolute Gasteiger partial charge is 0.228 e. The van der Waals surface area contributed by atoms with E-state index in [9.17, 15) is 13.6 Å². The third-order valence-electron chi connectivity index (χ3n) is 2.28. The molecule has 0 radical (unpaired) electrons. The molecule has 2 rings (SSSR count). The predicted octanol–water partition coefficient (Wildman–Crippen LogP) is 2.31. The van der Waals surface area contributed by atoms with Crippen molar-refractivity contribution in [1.29, 1.82) is 0 Å². The zero-order valence-corrected chi connectivity index (χ0v) is 8.47. The second-order valence-electron chi connectivity index (χ2n) is 3.40. The number of nitrogens with zero attached hydrogens (tertiary/aromatic N) is 1. The second kappa shape index (κ2) is 3.77. The lowest BCUT2D eigenvalue weighted by atomic mass is 10.2. The van der Waals surface area contributed by atoms with Crippen LogP contribution < -0.4 is 4.90 Å². The van der Waals surface area contributed by atoms with Gasteiger partial charge in [0, 0.05) is 19.0 Å². The summed E-state index contributed by atoms with van der Waals surface area (Å²) in [4.78, 5) is 12.6. The maximum absolute atomic E-state index is 13.3. The van der Waals surface area contributed by atoms with Crippen LogP contribution in [0.25, 0.3) is 0 Å². The van der Waals surface area contributed by atoms with Crippen molar-refractivity contribution in [2.75, 3.05) is 11.4 Å². The number of halogens is 3. The van der Waals surface area contributed by atoms with Crippen LogP contribution in [0.5, 0.6) is 0 Å². The Balaban J connectivity index is 2.34. The molecule has 1 fully saturated rings. The lowest BCUT2D eigenvalue weighted by Crippen LogP contribution is -2.25. The number of benzene rings is 1. The van der Waals surface area contributed by atoms with Gasteiger partial charge in [-0.3, -0.25) is 4.79 Å². The first-order valence-corrected chi connectivity index (χ1v) is 4.91. The molecule has 0 spiro atoms. The third kappa shape index (κ3) is 1.95.